The van der Waals surface area contributed by atoms with Crippen molar-refractivity contribution in [1.82, 2.24) is 0 Å². The molecule has 1 atom stereocenters. The zero-order chi connectivity index (χ0) is 13.3. The van der Waals surface area contributed by atoms with E-state index in [-0.39, 0.29) is 4.47 Å². The second-order valence-corrected chi connectivity index (χ2v) is 9.82. The summed E-state index contributed by atoms with van der Waals surface area (Å²) in [5.74, 6) is -0.959. The monoisotopic (exact) mass is 333 g/mol. The van der Waals surface area contributed by atoms with Crippen molar-refractivity contribution in [3.8, 4) is 0 Å². The fourth-order valence-corrected chi connectivity index (χ4v) is 6.14. The average Bonchev–Trinajstić information content (AvgIpc) is 2.38. The van der Waals surface area contributed by atoms with Crippen molar-refractivity contribution in [3.63, 3.8) is 0 Å². The minimum atomic E-state index is -0.819. The maximum absolute atomic E-state index is 14.1. The predicted molar refractivity (Wildman–Crippen MR) is 78.1 cm³/mol. The molecule has 1 unspecified atom stereocenters. The molecule has 0 saturated carbocycles. The lowest BCUT2D eigenvalue weighted by atomic mass is 10.0. The van der Waals surface area contributed by atoms with E-state index >= 15 is 0 Å². The van der Waals surface area contributed by atoms with Crippen molar-refractivity contribution in [2.75, 3.05) is 11.9 Å². The molecule has 0 aliphatic carbocycles. The molecule has 0 spiro atoms. The van der Waals surface area contributed by atoms with Gasteiger partial charge in [0.25, 0.3) is 0 Å². The molecule has 1 aliphatic rings. The Morgan fingerprint density at radius 2 is 2.06 bits per heavy atom. The normalized spacial score (nSPS) is 18.7. The summed E-state index contributed by atoms with van der Waals surface area (Å²) in [7, 11) is -0.819. The summed E-state index contributed by atoms with van der Waals surface area (Å²) in [6.07, 6.45) is 0.756. The van der Waals surface area contributed by atoms with Gasteiger partial charge in [-0.1, -0.05) is 25.9 Å². The van der Waals surface area contributed by atoms with Crippen LogP contribution in [0.5, 0.6) is 0 Å². The van der Waals surface area contributed by atoms with E-state index in [1.165, 1.54) is 18.2 Å². The highest BCUT2D eigenvalue weighted by Crippen LogP contribution is 2.36. The van der Waals surface area contributed by atoms with E-state index in [1.807, 2.05) is 0 Å². The Hall–Kier alpha value is -0.423. The first-order valence-corrected chi connectivity index (χ1v) is 9.57. The van der Waals surface area contributed by atoms with Crippen LogP contribution in [0.1, 0.15) is 19.4 Å². The maximum atomic E-state index is 14.1. The molecule has 0 amide bonds. The molecule has 1 aromatic rings. The predicted octanol–water partition coefficient (Wildman–Crippen LogP) is 4.33. The number of hydrogen-bond acceptors (Lipinski definition) is 1. The Balaban J connectivity index is 2.31. The smallest absolute Gasteiger partial charge is 0.145 e. The van der Waals surface area contributed by atoms with Gasteiger partial charge in [-0.15, -0.1) is 0 Å². The van der Waals surface area contributed by atoms with Crippen LogP contribution in [0, 0.1) is 11.6 Å². The highest BCUT2D eigenvalue weighted by atomic mass is 79.9. The molecule has 0 bridgehead atoms. The van der Waals surface area contributed by atoms with Gasteiger partial charge in [-0.05, 0) is 34.0 Å². The summed E-state index contributed by atoms with van der Waals surface area (Å²) in [6, 6.07) is 3.87. The van der Waals surface area contributed by atoms with Gasteiger partial charge in [0, 0.05) is 26.6 Å². The first kappa shape index (κ1) is 14.0. The Kier molecular flexibility index (Phi) is 4.43. The van der Waals surface area contributed by atoms with Gasteiger partial charge in [0.05, 0.1) is 4.47 Å². The number of fused-ring (bicyclic) bond motifs is 1. The van der Waals surface area contributed by atoms with E-state index in [0.29, 0.717) is 16.8 Å². The molecule has 18 heavy (non-hydrogen) atoms. The Bertz CT molecular complexity index is 449. The van der Waals surface area contributed by atoms with Gasteiger partial charge in [-0.25, -0.2) is 8.78 Å². The highest BCUT2D eigenvalue weighted by Gasteiger charge is 2.28. The quantitative estimate of drug-likeness (QED) is 0.641. The molecule has 0 saturated heterocycles. The zero-order valence-corrected chi connectivity index (χ0v) is 13.4. The lowest BCUT2D eigenvalue weighted by Gasteiger charge is -2.31. The van der Waals surface area contributed by atoms with Crippen LogP contribution in [-0.2, 0) is 6.42 Å². The molecule has 0 fully saturated rings. The Morgan fingerprint density at radius 1 is 1.39 bits per heavy atom. The van der Waals surface area contributed by atoms with E-state index in [1.54, 1.807) is 0 Å². The highest BCUT2D eigenvalue weighted by molar-refractivity contribution is 9.10. The molecule has 2 rings (SSSR count). The minimum absolute atomic E-state index is 0.0325. The summed E-state index contributed by atoms with van der Waals surface area (Å²) in [4.78, 5) is 0. The topological polar surface area (TPSA) is 12.0 Å². The van der Waals surface area contributed by atoms with Gasteiger partial charge < -0.3 is 5.32 Å². The Labute approximate surface area is 117 Å². The third-order valence-corrected chi connectivity index (χ3v) is 8.63. The van der Waals surface area contributed by atoms with Crippen LogP contribution in [0.15, 0.2) is 10.5 Å². The number of halogens is 3. The third kappa shape index (κ3) is 2.47. The lowest BCUT2D eigenvalue weighted by Crippen LogP contribution is -2.31. The molecule has 1 aromatic carbocycles. The van der Waals surface area contributed by atoms with E-state index in [0.717, 1.165) is 13.0 Å². The molecule has 1 nitrogen and oxygen atoms in total. The minimum Gasteiger partial charge on any atom is -0.385 e. The fourth-order valence-electron chi connectivity index (χ4n) is 2.85. The average molecular weight is 334 g/mol. The molecule has 100 valence electrons. The summed E-state index contributed by atoms with van der Waals surface area (Å²) < 4.78 is 27.5. The first-order valence-electron chi connectivity index (χ1n) is 6.48. The molecule has 5 heteroatoms. The van der Waals surface area contributed by atoms with Crippen LogP contribution in [0.25, 0.3) is 0 Å². The summed E-state index contributed by atoms with van der Waals surface area (Å²) in [5, 5.41) is 3.20. The van der Waals surface area contributed by atoms with Gasteiger partial charge >= 0.3 is 0 Å². The molecular weight excluding hydrogens is 316 g/mol. The number of hydrogen-bond donors (Lipinski definition) is 1. The second kappa shape index (κ2) is 5.69. The Morgan fingerprint density at radius 3 is 2.67 bits per heavy atom. The van der Waals surface area contributed by atoms with Crippen LogP contribution < -0.4 is 5.32 Å². The van der Waals surface area contributed by atoms with Crippen LogP contribution in [0.4, 0.5) is 14.5 Å². The van der Waals surface area contributed by atoms with E-state index < -0.39 is 20.4 Å². The SMILES string of the molecule is CC[SiH](CC)C1CNc2cc(F)c(Br)c(F)c2C1. The van der Waals surface area contributed by atoms with Crippen LogP contribution in [-0.4, -0.2) is 15.3 Å². The van der Waals surface area contributed by atoms with Crippen LogP contribution >= 0.6 is 15.9 Å². The van der Waals surface area contributed by atoms with Gasteiger partial charge in [-0.2, -0.15) is 0 Å². The van der Waals surface area contributed by atoms with Gasteiger partial charge in [-0.3, -0.25) is 0 Å². The molecular formula is C13H18BrF2NSi. The fraction of sp³-hybridized carbons (Fsp3) is 0.538. The van der Waals surface area contributed by atoms with Crippen molar-refractivity contribution >= 4 is 30.4 Å². The number of anilines is 1. The third-order valence-electron chi connectivity index (χ3n) is 4.00. The summed E-state index contributed by atoms with van der Waals surface area (Å²) in [5.41, 5.74) is 1.85. The zero-order valence-electron chi connectivity index (χ0n) is 10.7. The summed E-state index contributed by atoms with van der Waals surface area (Å²) in [6.45, 7) is 5.33. The van der Waals surface area contributed by atoms with Crippen molar-refractivity contribution in [3.05, 3.63) is 27.7 Å². The first-order chi connectivity index (χ1) is 8.58. The van der Waals surface area contributed by atoms with Crippen molar-refractivity contribution in [1.29, 1.82) is 0 Å². The molecule has 0 aromatic heterocycles. The molecule has 1 N–H and O–H groups in total. The van der Waals surface area contributed by atoms with E-state index in [2.05, 4.69) is 35.1 Å². The van der Waals surface area contributed by atoms with Crippen LogP contribution in [0.3, 0.4) is 0 Å². The van der Waals surface area contributed by atoms with Crippen molar-refractivity contribution in [2.24, 2.45) is 0 Å². The second-order valence-electron chi connectivity index (χ2n) is 4.93. The van der Waals surface area contributed by atoms with Gasteiger partial charge in [0.1, 0.15) is 11.6 Å². The van der Waals surface area contributed by atoms with Gasteiger partial charge in [0.15, 0.2) is 0 Å². The van der Waals surface area contributed by atoms with E-state index in [4.69, 9.17) is 0 Å². The largest absolute Gasteiger partial charge is 0.385 e. The standard InChI is InChI=1S/C13H18BrF2NSi/c1-3-18(4-2)8-5-9-11(17-7-8)6-10(15)12(14)13(9)16/h6,8,17-18H,3-5,7H2,1-2H3. The van der Waals surface area contributed by atoms with Crippen LogP contribution in [0.2, 0.25) is 17.6 Å². The molecule has 0 radical (unpaired) electrons. The van der Waals surface area contributed by atoms with Crippen molar-refractivity contribution in [2.45, 2.75) is 37.9 Å². The molecule has 1 heterocycles. The maximum Gasteiger partial charge on any atom is 0.145 e. The van der Waals surface area contributed by atoms with Crippen molar-refractivity contribution < 1.29 is 8.78 Å². The molecule has 1 aliphatic heterocycles. The summed E-state index contributed by atoms with van der Waals surface area (Å²) >= 11 is 2.98. The lowest BCUT2D eigenvalue weighted by molar-refractivity contribution is 0.555. The number of rotatable bonds is 3. The number of nitrogens with one attached hydrogen (secondary N) is 1. The van der Waals surface area contributed by atoms with E-state index in [9.17, 15) is 8.78 Å². The van der Waals surface area contributed by atoms with Gasteiger partial charge in [0.2, 0.25) is 0 Å². The number of benzene rings is 1.